The molecule has 7 nitrogen and oxygen atoms in total. The van der Waals surface area contributed by atoms with Crippen molar-refractivity contribution < 1.29 is 4.79 Å². The van der Waals surface area contributed by atoms with Crippen molar-refractivity contribution in [3.8, 4) is 0 Å². The number of H-pyrrole nitrogens is 1. The standard InChI is InChI=1S/C25H25N5O2S/c31-23-22-18-5-1-2-9-20(18)33-24(22)28-21(27-23)15-29-11-13-30(14-12-29)25(32)17-6-3-8-19-16(17)7-4-10-26-19/h3-4,6-8,10H,1-2,5,9,11-15H2,(H,27,28,31). The van der Waals surface area contributed by atoms with Crippen molar-refractivity contribution in [3.05, 3.63) is 68.7 Å². The zero-order valence-corrected chi connectivity index (χ0v) is 19.2. The second-order valence-electron chi connectivity index (χ2n) is 8.85. The lowest BCUT2D eigenvalue weighted by Gasteiger charge is -2.34. The number of amides is 1. The van der Waals surface area contributed by atoms with Crippen LogP contribution in [-0.2, 0) is 19.4 Å². The summed E-state index contributed by atoms with van der Waals surface area (Å²) in [6.07, 6.45) is 6.15. The van der Waals surface area contributed by atoms with Crippen molar-refractivity contribution in [2.24, 2.45) is 0 Å². The number of fused-ring (bicyclic) bond motifs is 4. The number of benzene rings is 1. The zero-order chi connectivity index (χ0) is 22.4. The number of pyridine rings is 1. The molecule has 0 unspecified atom stereocenters. The van der Waals surface area contributed by atoms with E-state index in [1.54, 1.807) is 17.5 Å². The van der Waals surface area contributed by atoms with Crippen LogP contribution in [0.5, 0.6) is 0 Å². The summed E-state index contributed by atoms with van der Waals surface area (Å²) in [6, 6.07) is 9.51. The van der Waals surface area contributed by atoms with Crippen LogP contribution in [0.4, 0.5) is 0 Å². The third kappa shape index (κ3) is 3.73. The number of thiophene rings is 1. The second kappa shape index (κ2) is 8.35. The van der Waals surface area contributed by atoms with Crippen LogP contribution in [0.1, 0.15) is 39.5 Å². The molecule has 0 radical (unpaired) electrons. The van der Waals surface area contributed by atoms with E-state index in [-0.39, 0.29) is 11.5 Å². The van der Waals surface area contributed by atoms with Gasteiger partial charge in [-0.05, 0) is 49.4 Å². The average Bonchev–Trinajstić information content (AvgIpc) is 3.22. The highest BCUT2D eigenvalue weighted by molar-refractivity contribution is 7.18. The number of hydrogen-bond donors (Lipinski definition) is 1. The van der Waals surface area contributed by atoms with Crippen LogP contribution in [0.3, 0.4) is 0 Å². The molecule has 168 valence electrons. The Morgan fingerprint density at radius 1 is 1.06 bits per heavy atom. The van der Waals surface area contributed by atoms with E-state index in [0.29, 0.717) is 31.0 Å². The predicted octanol–water partition coefficient (Wildman–Crippen LogP) is 3.37. The third-order valence-electron chi connectivity index (χ3n) is 6.78. The van der Waals surface area contributed by atoms with Crippen molar-refractivity contribution in [2.75, 3.05) is 26.2 Å². The topological polar surface area (TPSA) is 82.2 Å². The molecule has 0 bridgehead atoms. The van der Waals surface area contributed by atoms with E-state index in [0.717, 1.165) is 53.5 Å². The summed E-state index contributed by atoms with van der Waals surface area (Å²) in [5.74, 6) is 0.761. The van der Waals surface area contributed by atoms with Gasteiger partial charge in [-0.3, -0.25) is 19.5 Å². The molecule has 1 amide bonds. The van der Waals surface area contributed by atoms with Gasteiger partial charge in [0.1, 0.15) is 10.7 Å². The molecule has 8 heteroatoms. The van der Waals surface area contributed by atoms with Crippen LogP contribution < -0.4 is 5.56 Å². The van der Waals surface area contributed by atoms with Gasteiger partial charge in [-0.15, -0.1) is 11.3 Å². The van der Waals surface area contributed by atoms with Crippen LogP contribution in [0.15, 0.2) is 41.3 Å². The van der Waals surface area contributed by atoms with Gasteiger partial charge in [-0.25, -0.2) is 4.98 Å². The Morgan fingerprint density at radius 2 is 1.91 bits per heavy atom. The summed E-state index contributed by atoms with van der Waals surface area (Å²) >= 11 is 1.69. The maximum atomic E-state index is 13.2. The van der Waals surface area contributed by atoms with Crippen molar-refractivity contribution in [1.29, 1.82) is 0 Å². The highest BCUT2D eigenvalue weighted by Crippen LogP contribution is 2.33. The minimum absolute atomic E-state index is 0.00669. The fourth-order valence-electron chi connectivity index (χ4n) is 5.06. The van der Waals surface area contributed by atoms with Crippen LogP contribution in [0.25, 0.3) is 21.1 Å². The predicted molar refractivity (Wildman–Crippen MR) is 130 cm³/mol. The number of aromatic amines is 1. The summed E-state index contributed by atoms with van der Waals surface area (Å²) < 4.78 is 0. The van der Waals surface area contributed by atoms with E-state index in [2.05, 4.69) is 14.9 Å². The number of carbonyl (C=O) groups is 1. The number of hydrogen-bond acceptors (Lipinski definition) is 6. The lowest BCUT2D eigenvalue weighted by molar-refractivity contribution is 0.0627. The minimum Gasteiger partial charge on any atom is -0.336 e. The summed E-state index contributed by atoms with van der Waals surface area (Å²) in [5, 5.41) is 1.69. The van der Waals surface area contributed by atoms with Crippen LogP contribution >= 0.6 is 11.3 Å². The summed E-state index contributed by atoms with van der Waals surface area (Å²) in [7, 11) is 0. The average molecular weight is 460 g/mol. The molecule has 3 aromatic heterocycles. The maximum Gasteiger partial charge on any atom is 0.259 e. The van der Waals surface area contributed by atoms with Crippen LogP contribution in [0, 0.1) is 0 Å². The number of piperazine rings is 1. The molecular formula is C25H25N5O2S. The Kier molecular flexibility index (Phi) is 5.19. The highest BCUT2D eigenvalue weighted by Gasteiger charge is 2.25. The first kappa shape index (κ1) is 20.5. The van der Waals surface area contributed by atoms with Crippen LogP contribution in [0.2, 0.25) is 0 Å². The third-order valence-corrected chi connectivity index (χ3v) is 7.97. The van der Waals surface area contributed by atoms with E-state index in [1.165, 1.54) is 16.9 Å². The molecule has 2 aliphatic rings. The SMILES string of the molecule is O=C(c1cccc2ncccc12)N1CCN(Cc2nc3sc4c(c3c(=O)[nH]2)CCCC4)CC1. The molecule has 0 atom stereocenters. The monoisotopic (exact) mass is 459 g/mol. The quantitative estimate of drug-likeness (QED) is 0.508. The number of nitrogens with zero attached hydrogens (tertiary/aromatic N) is 4. The number of rotatable bonds is 3. The van der Waals surface area contributed by atoms with E-state index in [4.69, 9.17) is 4.98 Å². The molecule has 0 spiro atoms. The Hall–Kier alpha value is -3.10. The lowest BCUT2D eigenvalue weighted by Crippen LogP contribution is -2.48. The lowest BCUT2D eigenvalue weighted by atomic mass is 9.97. The number of aryl methyl sites for hydroxylation is 2. The first-order valence-corrected chi connectivity index (χ1v) is 12.4. The normalized spacial score (nSPS) is 16.9. The number of aromatic nitrogens is 3. The molecule has 1 N–H and O–H groups in total. The van der Waals surface area contributed by atoms with Crippen molar-refractivity contribution in [1.82, 2.24) is 24.8 Å². The van der Waals surface area contributed by atoms with E-state index < -0.39 is 0 Å². The van der Waals surface area contributed by atoms with Crippen molar-refractivity contribution in [3.63, 3.8) is 0 Å². The van der Waals surface area contributed by atoms with Gasteiger partial charge >= 0.3 is 0 Å². The van der Waals surface area contributed by atoms with Gasteiger partial charge < -0.3 is 9.88 Å². The second-order valence-corrected chi connectivity index (χ2v) is 9.93. The van der Waals surface area contributed by atoms with Gasteiger partial charge in [-0.1, -0.05) is 12.1 Å². The first-order valence-electron chi connectivity index (χ1n) is 11.6. The zero-order valence-electron chi connectivity index (χ0n) is 18.3. The number of carbonyl (C=O) groups excluding carboxylic acids is 1. The Balaban J connectivity index is 1.16. The fourth-order valence-corrected chi connectivity index (χ4v) is 6.35. The molecule has 1 aliphatic heterocycles. The van der Waals surface area contributed by atoms with E-state index in [1.807, 2.05) is 35.2 Å². The Labute approximate surface area is 195 Å². The molecule has 1 aromatic carbocycles. The van der Waals surface area contributed by atoms with Crippen LogP contribution in [-0.4, -0.2) is 56.8 Å². The Morgan fingerprint density at radius 3 is 2.79 bits per heavy atom. The first-order chi connectivity index (χ1) is 16.2. The largest absolute Gasteiger partial charge is 0.336 e. The van der Waals surface area contributed by atoms with Gasteiger partial charge in [0.2, 0.25) is 0 Å². The van der Waals surface area contributed by atoms with Crippen molar-refractivity contribution >= 4 is 38.4 Å². The maximum absolute atomic E-state index is 13.2. The molecule has 0 saturated carbocycles. The van der Waals surface area contributed by atoms with E-state index in [9.17, 15) is 9.59 Å². The van der Waals surface area contributed by atoms with Crippen molar-refractivity contribution in [2.45, 2.75) is 32.2 Å². The molecule has 1 aliphatic carbocycles. The highest BCUT2D eigenvalue weighted by atomic mass is 32.1. The van der Waals surface area contributed by atoms with E-state index >= 15 is 0 Å². The molecule has 33 heavy (non-hydrogen) atoms. The number of nitrogens with one attached hydrogen (secondary N) is 1. The van der Waals surface area contributed by atoms with Gasteiger partial charge in [0, 0.05) is 48.2 Å². The van der Waals surface area contributed by atoms with Gasteiger partial charge in [0.25, 0.3) is 11.5 Å². The van der Waals surface area contributed by atoms with Gasteiger partial charge in [0.15, 0.2) is 0 Å². The molecule has 4 heterocycles. The van der Waals surface area contributed by atoms with Gasteiger partial charge in [-0.2, -0.15) is 0 Å². The Bertz CT molecular complexity index is 1410. The summed E-state index contributed by atoms with van der Waals surface area (Å²) in [4.78, 5) is 44.6. The van der Waals surface area contributed by atoms with Gasteiger partial charge in [0.05, 0.1) is 17.4 Å². The minimum atomic E-state index is -0.00669. The molecule has 1 saturated heterocycles. The fraction of sp³-hybridized carbons (Fsp3) is 0.360. The smallest absolute Gasteiger partial charge is 0.259 e. The summed E-state index contributed by atoms with van der Waals surface area (Å²) in [5.41, 5.74) is 2.75. The molecular weight excluding hydrogens is 434 g/mol. The summed E-state index contributed by atoms with van der Waals surface area (Å²) in [6.45, 7) is 3.38. The molecule has 6 rings (SSSR count). The molecule has 4 aromatic rings. The molecule has 1 fully saturated rings.